The van der Waals surface area contributed by atoms with Crippen LogP contribution in [-0.4, -0.2) is 27.3 Å². The molecule has 0 saturated carbocycles. The number of aliphatic carboxylic acids is 2. The van der Waals surface area contributed by atoms with Crippen LogP contribution in [0.25, 0.3) is 0 Å². The minimum atomic E-state index is -1.15. The molecule has 0 spiro atoms. The van der Waals surface area contributed by atoms with Crippen molar-refractivity contribution in [3.05, 3.63) is 23.0 Å². The van der Waals surface area contributed by atoms with Crippen LogP contribution in [0.2, 0.25) is 0 Å². The van der Waals surface area contributed by atoms with Crippen LogP contribution in [0.3, 0.4) is 0 Å². The van der Waals surface area contributed by atoms with Crippen molar-refractivity contribution in [2.24, 2.45) is 0 Å². The first-order valence-corrected chi connectivity index (χ1v) is 5.09. The number of carbonyl (C=O) groups is 2. The number of aliphatic hydroxyl groups is 1. The highest BCUT2D eigenvalue weighted by atomic mass is 16.4. The van der Waals surface area contributed by atoms with Gasteiger partial charge in [-0.15, -0.1) is 0 Å². The van der Waals surface area contributed by atoms with Gasteiger partial charge in [0, 0.05) is 12.8 Å². The zero-order valence-electron chi connectivity index (χ0n) is 8.77. The van der Waals surface area contributed by atoms with Crippen molar-refractivity contribution in [2.75, 3.05) is 0 Å². The van der Waals surface area contributed by atoms with E-state index in [1.807, 2.05) is 0 Å². The molecule has 5 heteroatoms. The fourth-order valence-corrected chi connectivity index (χ4v) is 1.71. The van der Waals surface area contributed by atoms with Gasteiger partial charge in [0.1, 0.15) is 5.76 Å². The van der Waals surface area contributed by atoms with Crippen LogP contribution in [0, 0.1) is 0 Å². The molecule has 0 aromatic carbocycles. The number of carboxylic acids is 2. The van der Waals surface area contributed by atoms with Crippen LogP contribution in [0.5, 0.6) is 0 Å². The molecular formula is C11H14O5. The fourth-order valence-electron chi connectivity index (χ4n) is 1.71. The Bertz CT molecular complexity index is 365. The molecule has 0 atom stereocenters. The van der Waals surface area contributed by atoms with E-state index in [0.29, 0.717) is 31.3 Å². The fraction of sp³-hybridized carbons (Fsp3) is 0.455. The maximum atomic E-state index is 10.9. The second kappa shape index (κ2) is 5.34. The van der Waals surface area contributed by atoms with Gasteiger partial charge in [0.15, 0.2) is 0 Å². The minimum Gasteiger partial charge on any atom is -0.511 e. The highest BCUT2D eigenvalue weighted by molar-refractivity contribution is 5.92. The highest BCUT2D eigenvalue weighted by Gasteiger charge is 2.21. The molecule has 1 aliphatic carbocycles. The Morgan fingerprint density at radius 1 is 1.31 bits per heavy atom. The van der Waals surface area contributed by atoms with Gasteiger partial charge in [0.2, 0.25) is 0 Å². The number of carboxylic acid groups (broad SMARTS) is 2. The third kappa shape index (κ3) is 3.12. The molecule has 5 nitrogen and oxygen atoms in total. The van der Waals surface area contributed by atoms with E-state index in [2.05, 4.69) is 0 Å². The van der Waals surface area contributed by atoms with Crippen LogP contribution < -0.4 is 0 Å². The Morgan fingerprint density at radius 2 is 2.00 bits per heavy atom. The molecule has 0 aliphatic heterocycles. The summed E-state index contributed by atoms with van der Waals surface area (Å²) < 4.78 is 0. The number of allylic oxidation sites excluding steroid dienone is 2. The molecule has 0 fully saturated rings. The summed E-state index contributed by atoms with van der Waals surface area (Å²) in [4.78, 5) is 21.2. The SMILES string of the molecule is O=C(O)CCCC1=CCCC(O)=C1C(=O)O. The lowest BCUT2D eigenvalue weighted by Crippen LogP contribution is -2.11. The van der Waals surface area contributed by atoms with Crippen molar-refractivity contribution in [2.45, 2.75) is 32.1 Å². The summed E-state index contributed by atoms with van der Waals surface area (Å²) >= 11 is 0. The van der Waals surface area contributed by atoms with Crippen LogP contribution in [0.4, 0.5) is 0 Å². The van der Waals surface area contributed by atoms with Gasteiger partial charge >= 0.3 is 11.9 Å². The van der Waals surface area contributed by atoms with Crippen LogP contribution in [-0.2, 0) is 9.59 Å². The van der Waals surface area contributed by atoms with E-state index in [1.54, 1.807) is 6.08 Å². The summed E-state index contributed by atoms with van der Waals surface area (Å²) in [6, 6.07) is 0. The molecule has 0 amide bonds. The molecule has 0 unspecified atom stereocenters. The Labute approximate surface area is 92.7 Å². The highest BCUT2D eigenvalue weighted by Crippen LogP contribution is 2.27. The van der Waals surface area contributed by atoms with Crippen molar-refractivity contribution in [3.8, 4) is 0 Å². The molecule has 0 bridgehead atoms. The van der Waals surface area contributed by atoms with E-state index in [-0.39, 0.29) is 17.8 Å². The van der Waals surface area contributed by atoms with Gasteiger partial charge in [0.25, 0.3) is 0 Å². The summed E-state index contributed by atoms with van der Waals surface area (Å²) in [5, 5.41) is 26.8. The van der Waals surface area contributed by atoms with Gasteiger partial charge in [-0.2, -0.15) is 0 Å². The Balaban J connectivity index is 2.67. The van der Waals surface area contributed by atoms with Crippen molar-refractivity contribution < 1.29 is 24.9 Å². The van der Waals surface area contributed by atoms with E-state index in [0.717, 1.165) is 0 Å². The van der Waals surface area contributed by atoms with Gasteiger partial charge in [-0.3, -0.25) is 4.79 Å². The van der Waals surface area contributed by atoms with E-state index in [1.165, 1.54) is 0 Å². The lowest BCUT2D eigenvalue weighted by atomic mass is 9.92. The predicted octanol–water partition coefficient (Wildman–Crippen LogP) is 1.86. The molecule has 16 heavy (non-hydrogen) atoms. The number of aliphatic hydroxyl groups excluding tert-OH is 1. The maximum absolute atomic E-state index is 10.9. The molecule has 0 radical (unpaired) electrons. The van der Waals surface area contributed by atoms with Gasteiger partial charge in [-0.25, -0.2) is 4.79 Å². The standard InChI is InChI=1S/C11H14O5/c12-8-5-1-3-7(10(8)11(15)16)4-2-6-9(13)14/h3,12H,1-2,4-6H2,(H,13,14)(H,15,16). The average Bonchev–Trinajstić information content (AvgIpc) is 2.16. The van der Waals surface area contributed by atoms with Gasteiger partial charge in [-0.05, 0) is 24.8 Å². The first kappa shape index (κ1) is 12.3. The second-order valence-electron chi connectivity index (χ2n) is 3.64. The summed E-state index contributed by atoms with van der Waals surface area (Å²) in [7, 11) is 0. The van der Waals surface area contributed by atoms with Crippen molar-refractivity contribution in [1.29, 1.82) is 0 Å². The third-order valence-electron chi connectivity index (χ3n) is 2.43. The van der Waals surface area contributed by atoms with Crippen LogP contribution in [0.15, 0.2) is 23.0 Å². The van der Waals surface area contributed by atoms with E-state index in [9.17, 15) is 14.7 Å². The van der Waals surface area contributed by atoms with Crippen molar-refractivity contribution in [3.63, 3.8) is 0 Å². The Morgan fingerprint density at radius 3 is 2.56 bits per heavy atom. The minimum absolute atomic E-state index is 0.00496. The first-order valence-electron chi connectivity index (χ1n) is 5.09. The molecule has 88 valence electrons. The zero-order valence-corrected chi connectivity index (χ0v) is 8.77. The van der Waals surface area contributed by atoms with Crippen LogP contribution in [0.1, 0.15) is 32.1 Å². The van der Waals surface area contributed by atoms with Gasteiger partial charge < -0.3 is 15.3 Å². The molecule has 0 saturated heterocycles. The molecule has 3 N–H and O–H groups in total. The lowest BCUT2D eigenvalue weighted by molar-refractivity contribution is -0.137. The average molecular weight is 226 g/mol. The molecule has 1 rings (SSSR count). The second-order valence-corrected chi connectivity index (χ2v) is 3.64. The summed E-state index contributed by atoms with van der Waals surface area (Å²) in [5.74, 6) is -2.17. The van der Waals surface area contributed by atoms with E-state index in [4.69, 9.17) is 10.2 Å². The maximum Gasteiger partial charge on any atom is 0.339 e. The quantitative estimate of drug-likeness (QED) is 0.665. The number of hydrogen-bond acceptors (Lipinski definition) is 3. The smallest absolute Gasteiger partial charge is 0.339 e. The molecular weight excluding hydrogens is 212 g/mol. The topological polar surface area (TPSA) is 94.8 Å². The summed E-state index contributed by atoms with van der Waals surface area (Å²) in [5.41, 5.74) is 0.481. The van der Waals surface area contributed by atoms with E-state index >= 15 is 0 Å². The van der Waals surface area contributed by atoms with Gasteiger partial charge in [-0.1, -0.05) is 6.08 Å². The predicted molar refractivity (Wildman–Crippen MR) is 56.1 cm³/mol. The largest absolute Gasteiger partial charge is 0.511 e. The third-order valence-corrected chi connectivity index (χ3v) is 2.43. The first-order chi connectivity index (χ1) is 7.52. The lowest BCUT2D eigenvalue weighted by Gasteiger charge is -2.15. The summed E-state index contributed by atoms with van der Waals surface area (Å²) in [6.07, 6.45) is 3.45. The molecule has 0 aromatic heterocycles. The van der Waals surface area contributed by atoms with Crippen molar-refractivity contribution >= 4 is 11.9 Å². The van der Waals surface area contributed by atoms with E-state index < -0.39 is 11.9 Å². The van der Waals surface area contributed by atoms with Gasteiger partial charge in [0.05, 0.1) is 5.57 Å². The zero-order chi connectivity index (χ0) is 12.1. The number of hydrogen-bond donors (Lipinski definition) is 3. The monoisotopic (exact) mass is 226 g/mol. The summed E-state index contributed by atoms with van der Waals surface area (Å²) in [6.45, 7) is 0. The Hall–Kier alpha value is -1.78. The molecule has 0 heterocycles. The number of rotatable bonds is 5. The van der Waals surface area contributed by atoms with Crippen LogP contribution >= 0.6 is 0 Å². The van der Waals surface area contributed by atoms with Crippen molar-refractivity contribution in [1.82, 2.24) is 0 Å². The Kier molecular flexibility index (Phi) is 4.10. The normalized spacial score (nSPS) is 15.9. The molecule has 0 aromatic rings. The molecule has 1 aliphatic rings.